The van der Waals surface area contributed by atoms with Gasteiger partial charge in [-0.15, -0.1) is 0 Å². The third-order valence-corrected chi connectivity index (χ3v) is 5.55. The topological polar surface area (TPSA) is 61.9 Å². The molecule has 0 aliphatic carbocycles. The number of hydrogen-bond donors (Lipinski definition) is 1. The number of piperazine rings is 2. The summed E-state index contributed by atoms with van der Waals surface area (Å²) in [5.74, 6) is -0.135. The van der Waals surface area contributed by atoms with Gasteiger partial charge < -0.3 is 15.0 Å². The normalized spacial score (nSPS) is 22.3. The van der Waals surface area contributed by atoms with Crippen molar-refractivity contribution in [3.63, 3.8) is 0 Å². The highest BCUT2D eigenvalue weighted by molar-refractivity contribution is 5.97. The van der Waals surface area contributed by atoms with Crippen molar-refractivity contribution in [2.24, 2.45) is 0 Å². The van der Waals surface area contributed by atoms with Crippen LogP contribution in [0.15, 0.2) is 54.6 Å². The zero-order valence-corrected chi connectivity index (χ0v) is 16.7. The minimum atomic E-state index is -0.606. The number of fused-ring (bicyclic) bond motifs is 1. The second kappa shape index (κ2) is 8.76. The first-order valence-corrected chi connectivity index (χ1v) is 10.1. The molecule has 29 heavy (non-hydrogen) atoms. The first kappa shape index (κ1) is 19.6. The third-order valence-electron chi connectivity index (χ3n) is 5.55. The maximum absolute atomic E-state index is 12.9. The molecular weight excluding hydrogens is 366 g/mol. The van der Waals surface area contributed by atoms with E-state index in [2.05, 4.69) is 41.4 Å². The van der Waals surface area contributed by atoms with Gasteiger partial charge in [0.25, 0.3) is 0 Å². The van der Waals surface area contributed by atoms with E-state index in [1.54, 1.807) is 4.90 Å². The molecule has 0 spiro atoms. The summed E-state index contributed by atoms with van der Waals surface area (Å²) in [5, 5.41) is 2.86. The summed E-state index contributed by atoms with van der Waals surface area (Å²) in [6.07, 6.45) is 0. The molecule has 2 aromatic rings. The summed E-state index contributed by atoms with van der Waals surface area (Å²) in [6.45, 7) is 5.37. The first-order valence-electron chi connectivity index (χ1n) is 10.1. The van der Waals surface area contributed by atoms with Gasteiger partial charge in [0.15, 0.2) is 0 Å². The standard InChI is InChI=1S/C23H27N3O3/c1-17-6-5-9-19(12-17)13-25-10-11-26-21(14-25)22(27)24-20(23(26)28)16-29-15-18-7-3-2-4-8-18/h2-9,12,20-21H,10-11,13-16H2,1H3,(H,24,27)/t20-,21+/m0/s1. The molecule has 2 aliphatic heterocycles. The number of amides is 2. The van der Waals surface area contributed by atoms with Gasteiger partial charge in [-0.05, 0) is 18.1 Å². The Labute approximate surface area is 171 Å². The minimum Gasteiger partial charge on any atom is -0.374 e. The van der Waals surface area contributed by atoms with Crippen LogP contribution in [0.5, 0.6) is 0 Å². The number of hydrogen-bond acceptors (Lipinski definition) is 4. The fourth-order valence-electron chi connectivity index (χ4n) is 4.05. The van der Waals surface area contributed by atoms with Gasteiger partial charge in [-0.25, -0.2) is 0 Å². The average Bonchev–Trinajstić information content (AvgIpc) is 2.72. The van der Waals surface area contributed by atoms with Gasteiger partial charge in [0.2, 0.25) is 11.8 Å². The molecule has 0 radical (unpaired) electrons. The fourth-order valence-corrected chi connectivity index (χ4v) is 4.05. The lowest BCUT2D eigenvalue weighted by Gasteiger charge is -2.45. The van der Waals surface area contributed by atoms with E-state index in [1.165, 1.54) is 11.1 Å². The van der Waals surface area contributed by atoms with Gasteiger partial charge in [0, 0.05) is 26.2 Å². The second-order valence-corrected chi connectivity index (χ2v) is 7.83. The number of aryl methyl sites for hydroxylation is 1. The van der Waals surface area contributed by atoms with Gasteiger partial charge in [-0.2, -0.15) is 0 Å². The molecule has 2 fully saturated rings. The predicted octanol–water partition coefficient (Wildman–Crippen LogP) is 1.72. The Morgan fingerprint density at radius 3 is 2.62 bits per heavy atom. The predicted molar refractivity (Wildman–Crippen MR) is 110 cm³/mol. The van der Waals surface area contributed by atoms with E-state index in [-0.39, 0.29) is 18.4 Å². The number of nitrogens with one attached hydrogen (secondary N) is 1. The van der Waals surface area contributed by atoms with Crippen molar-refractivity contribution in [2.75, 3.05) is 26.2 Å². The van der Waals surface area contributed by atoms with Crippen molar-refractivity contribution in [3.8, 4) is 0 Å². The van der Waals surface area contributed by atoms with Crippen LogP contribution in [0, 0.1) is 6.92 Å². The average molecular weight is 393 g/mol. The molecule has 0 saturated carbocycles. The van der Waals surface area contributed by atoms with Crippen LogP contribution in [0.3, 0.4) is 0 Å². The maximum Gasteiger partial charge on any atom is 0.248 e. The molecule has 2 heterocycles. The van der Waals surface area contributed by atoms with Crippen molar-refractivity contribution in [1.82, 2.24) is 15.1 Å². The van der Waals surface area contributed by atoms with E-state index in [1.807, 2.05) is 30.3 Å². The summed E-state index contributed by atoms with van der Waals surface area (Å²) < 4.78 is 5.70. The van der Waals surface area contributed by atoms with Gasteiger partial charge in [-0.3, -0.25) is 14.5 Å². The quantitative estimate of drug-likeness (QED) is 0.812. The number of ether oxygens (including phenoxy) is 1. The molecule has 2 saturated heterocycles. The number of benzene rings is 2. The number of carbonyl (C=O) groups excluding carboxylic acids is 2. The Morgan fingerprint density at radius 1 is 1.03 bits per heavy atom. The van der Waals surface area contributed by atoms with Gasteiger partial charge in [-0.1, -0.05) is 60.2 Å². The molecule has 2 amide bonds. The van der Waals surface area contributed by atoms with Crippen LogP contribution in [0.1, 0.15) is 16.7 Å². The van der Waals surface area contributed by atoms with Crippen LogP contribution in [0.4, 0.5) is 0 Å². The Balaban J connectivity index is 1.32. The van der Waals surface area contributed by atoms with Crippen LogP contribution in [0.25, 0.3) is 0 Å². The molecule has 0 unspecified atom stereocenters. The Morgan fingerprint density at radius 2 is 1.83 bits per heavy atom. The smallest absolute Gasteiger partial charge is 0.248 e. The van der Waals surface area contributed by atoms with Crippen molar-refractivity contribution < 1.29 is 14.3 Å². The lowest BCUT2D eigenvalue weighted by molar-refractivity contribution is -0.155. The summed E-state index contributed by atoms with van der Waals surface area (Å²) in [6, 6.07) is 17.2. The highest BCUT2D eigenvalue weighted by atomic mass is 16.5. The largest absolute Gasteiger partial charge is 0.374 e. The van der Waals surface area contributed by atoms with Crippen molar-refractivity contribution in [1.29, 1.82) is 0 Å². The highest BCUT2D eigenvalue weighted by Crippen LogP contribution is 2.19. The molecule has 0 bridgehead atoms. The zero-order chi connectivity index (χ0) is 20.2. The van der Waals surface area contributed by atoms with E-state index in [9.17, 15) is 9.59 Å². The van der Waals surface area contributed by atoms with E-state index >= 15 is 0 Å². The van der Waals surface area contributed by atoms with Crippen LogP contribution in [-0.4, -0.2) is 59.9 Å². The lowest BCUT2D eigenvalue weighted by atomic mass is 10.0. The van der Waals surface area contributed by atoms with E-state index < -0.39 is 12.1 Å². The third kappa shape index (κ3) is 4.66. The summed E-state index contributed by atoms with van der Waals surface area (Å²) in [5.41, 5.74) is 3.50. The highest BCUT2D eigenvalue weighted by Gasteiger charge is 2.43. The molecule has 6 nitrogen and oxygen atoms in total. The fraction of sp³-hybridized carbons (Fsp3) is 0.391. The Bertz CT molecular complexity index is 871. The van der Waals surface area contributed by atoms with Crippen molar-refractivity contribution in [3.05, 3.63) is 71.3 Å². The van der Waals surface area contributed by atoms with Crippen LogP contribution >= 0.6 is 0 Å². The lowest BCUT2D eigenvalue weighted by Crippen LogP contribution is -2.69. The van der Waals surface area contributed by atoms with E-state index in [0.717, 1.165) is 18.7 Å². The Hall–Kier alpha value is -2.70. The molecule has 2 aliphatic rings. The summed E-state index contributed by atoms with van der Waals surface area (Å²) in [4.78, 5) is 29.5. The second-order valence-electron chi connectivity index (χ2n) is 7.83. The minimum absolute atomic E-state index is 0.0436. The van der Waals surface area contributed by atoms with E-state index in [0.29, 0.717) is 19.7 Å². The molecule has 4 rings (SSSR count). The van der Waals surface area contributed by atoms with Crippen LogP contribution in [-0.2, 0) is 27.5 Å². The molecule has 2 atom stereocenters. The molecule has 0 aromatic heterocycles. The monoisotopic (exact) mass is 393 g/mol. The molecule has 6 heteroatoms. The van der Waals surface area contributed by atoms with Crippen molar-refractivity contribution >= 4 is 11.8 Å². The number of nitrogens with zero attached hydrogens (tertiary/aromatic N) is 2. The zero-order valence-electron chi connectivity index (χ0n) is 16.7. The first-order chi connectivity index (χ1) is 14.1. The maximum atomic E-state index is 12.9. The molecule has 152 valence electrons. The molecule has 1 N–H and O–H groups in total. The van der Waals surface area contributed by atoms with Gasteiger partial charge >= 0.3 is 0 Å². The van der Waals surface area contributed by atoms with Crippen molar-refractivity contribution in [2.45, 2.75) is 32.2 Å². The Kier molecular flexibility index (Phi) is 5.92. The number of rotatable bonds is 6. The molecule has 2 aromatic carbocycles. The summed E-state index contributed by atoms with van der Waals surface area (Å²) >= 11 is 0. The molecular formula is C23H27N3O3. The SMILES string of the molecule is Cc1cccc(CN2CCN3C(=O)[C@H](COCc4ccccc4)NC(=O)[C@H]3C2)c1. The van der Waals surface area contributed by atoms with E-state index in [4.69, 9.17) is 4.74 Å². The summed E-state index contributed by atoms with van der Waals surface area (Å²) in [7, 11) is 0. The van der Waals surface area contributed by atoms with Crippen LogP contribution < -0.4 is 5.32 Å². The van der Waals surface area contributed by atoms with Crippen LogP contribution in [0.2, 0.25) is 0 Å². The number of carbonyl (C=O) groups is 2. The van der Waals surface area contributed by atoms with Gasteiger partial charge in [0.1, 0.15) is 12.1 Å². The van der Waals surface area contributed by atoms with Gasteiger partial charge in [0.05, 0.1) is 13.2 Å².